The molecule has 1 aromatic heterocycles. The van der Waals surface area contributed by atoms with Gasteiger partial charge in [-0.2, -0.15) is 13.2 Å². The molecule has 1 aliphatic rings. The molecule has 0 N–H and O–H groups in total. The lowest BCUT2D eigenvalue weighted by Gasteiger charge is -2.32. The predicted molar refractivity (Wildman–Crippen MR) is 80.7 cm³/mol. The minimum atomic E-state index is -4.45. The molecule has 0 spiro atoms. The van der Waals surface area contributed by atoms with Gasteiger partial charge < -0.3 is 9.69 Å². The van der Waals surface area contributed by atoms with Crippen molar-refractivity contribution >= 4 is 18.0 Å². The van der Waals surface area contributed by atoms with Crippen molar-refractivity contribution in [1.82, 2.24) is 4.98 Å². The van der Waals surface area contributed by atoms with E-state index in [0.717, 1.165) is 17.7 Å². The first-order valence-electron chi connectivity index (χ1n) is 6.95. The van der Waals surface area contributed by atoms with E-state index in [1.807, 2.05) is 6.92 Å². The van der Waals surface area contributed by atoms with Crippen LogP contribution in [0.4, 0.5) is 18.9 Å². The number of hydrogen-bond donors (Lipinski definition) is 0. The number of aryl methyl sites for hydroxylation is 1. The highest BCUT2D eigenvalue weighted by Gasteiger charge is 2.33. The molecular formula is C17H13F3N2O. The molecule has 0 saturated carbocycles. The smallest absolute Gasteiger partial charge is 0.332 e. The summed E-state index contributed by atoms with van der Waals surface area (Å²) in [5.41, 5.74) is 1.74. The Morgan fingerprint density at radius 3 is 2.70 bits per heavy atom. The van der Waals surface area contributed by atoms with Crippen LogP contribution in [0.15, 0.2) is 42.9 Å². The molecule has 0 saturated heterocycles. The summed E-state index contributed by atoms with van der Waals surface area (Å²) in [5.74, 6) is 0. The average molecular weight is 318 g/mol. The number of nitrogens with zero attached hydrogens (tertiary/aromatic N) is 2. The molecule has 2 heterocycles. The van der Waals surface area contributed by atoms with E-state index >= 15 is 0 Å². The van der Waals surface area contributed by atoms with E-state index in [-0.39, 0.29) is 0 Å². The van der Waals surface area contributed by atoms with Crippen molar-refractivity contribution in [1.29, 1.82) is 0 Å². The van der Waals surface area contributed by atoms with Gasteiger partial charge in [-0.15, -0.1) is 0 Å². The van der Waals surface area contributed by atoms with E-state index in [0.29, 0.717) is 23.1 Å². The number of benzene rings is 1. The third kappa shape index (κ3) is 2.72. The molecule has 1 unspecified atom stereocenters. The zero-order valence-electron chi connectivity index (χ0n) is 12.2. The minimum absolute atomic E-state index is 0.334. The van der Waals surface area contributed by atoms with E-state index in [1.165, 1.54) is 6.07 Å². The Morgan fingerprint density at radius 2 is 2.04 bits per heavy atom. The summed E-state index contributed by atoms with van der Waals surface area (Å²) in [6.45, 7) is 1.86. The van der Waals surface area contributed by atoms with Gasteiger partial charge in [0.25, 0.3) is 0 Å². The van der Waals surface area contributed by atoms with Crippen molar-refractivity contribution in [2.75, 3.05) is 4.90 Å². The van der Waals surface area contributed by atoms with Crippen LogP contribution < -0.4 is 4.90 Å². The highest BCUT2D eigenvalue weighted by atomic mass is 19.4. The molecule has 6 heteroatoms. The summed E-state index contributed by atoms with van der Waals surface area (Å²) in [4.78, 5) is 17.3. The van der Waals surface area contributed by atoms with Crippen LogP contribution in [0.1, 0.15) is 28.3 Å². The predicted octanol–water partition coefficient (Wildman–Crippen LogP) is 4.14. The number of aldehydes is 1. The van der Waals surface area contributed by atoms with Gasteiger partial charge in [0.2, 0.25) is 0 Å². The molecule has 118 valence electrons. The number of carbonyl (C=O) groups is 1. The van der Waals surface area contributed by atoms with Gasteiger partial charge in [0.15, 0.2) is 0 Å². The standard InChI is InChI=1S/C17H13F3N2O/c1-11-4-6-21-9-15(11)22-7-5-12-2-3-13(17(18,19)20)8-14(12)16(22)10-23/h2-10,16H,1H3. The third-order valence-electron chi connectivity index (χ3n) is 3.87. The fourth-order valence-corrected chi connectivity index (χ4v) is 2.66. The molecule has 3 rings (SSSR count). The number of rotatable bonds is 2. The molecule has 0 fully saturated rings. The molecule has 1 aromatic carbocycles. The van der Waals surface area contributed by atoms with Crippen molar-refractivity contribution in [3.8, 4) is 0 Å². The quantitative estimate of drug-likeness (QED) is 0.780. The van der Waals surface area contributed by atoms with E-state index < -0.39 is 17.8 Å². The van der Waals surface area contributed by atoms with Gasteiger partial charge in [0.1, 0.15) is 12.3 Å². The average Bonchev–Trinajstić information content (AvgIpc) is 2.53. The molecule has 0 bridgehead atoms. The maximum absolute atomic E-state index is 12.9. The number of carbonyl (C=O) groups excluding carboxylic acids is 1. The van der Waals surface area contributed by atoms with E-state index in [2.05, 4.69) is 4.98 Å². The SMILES string of the molecule is Cc1ccncc1N1C=Cc2ccc(C(F)(F)F)cc2C1C=O. The van der Waals surface area contributed by atoms with Crippen LogP contribution in [0, 0.1) is 6.92 Å². The molecule has 2 aromatic rings. The molecular weight excluding hydrogens is 305 g/mol. The molecule has 1 atom stereocenters. The lowest BCUT2D eigenvalue weighted by Crippen LogP contribution is -2.28. The van der Waals surface area contributed by atoms with E-state index in [9.17, 15) is 18.0 Å². The highest BCUT2D eigenvalue weighted by Crippen LogP contribution is 2.38. The first kappa shape index (κ1) is 15.3. The number of fused-ring (bicyclic) bond motifs is 1. The van der Waals surface area contributed by atoms with Gasteiger partial charge in [-0.3, -0.25) is 4.98 Å². The second-order valence-corrected chi connectivity index (χ2v) is 5.31. The summed E-state index contributed by atoms with van der Waals surface area (Å²) >= 11 is 0. The Labute approximate surface area is 131 Å². The number of anilines is 1. The van der Waals surface area contributed by atoms with Crippen LogP contribution >= 0.6 is 0 Å². The first-order chi connectivity index (χ1) is 10.9. The first-order valence-corrected chi connectivity index (χ1v) is 6.95. The van der Waals surface area contributed by atoms with Crippen LogP contribution in [0.25, 0.3) is 6.08 Å². The van der Waals surface area contributed by atoms with Gasteiger partial charge in [-0.05, 0) is 47.9 Å². The van der Waals surface area contributed by atoms with Gasteiger partial charge in [-0.1, -0.05) is 6.07 Å². The Balaban J connectivity index is 2.11. The van der Waals surface area contributed by atoms with Gasteiger partial charge >= 0.3 is 6.18 Å². The van der Waals surface area contributed by atoms with Crippen LogP contribution in [-0.4, -0.2) is 11.3 Å². The maximum atomic E-state index is 12.9. The molecule has 0 aliphatic carbocycles. The van der Waals surface area contributed by atoms with E-state index in [1.54, 1.807) is 35.6 Å². The summed E-state index contributed by atoms with van der Waals surface area (Å²) in [7, 11) is 0. The summed E-state index contributed by atoms with van der Waals surface area (Å²) in [5, 5.41) is 0. The molecule has 3 nitrogen and oxygen atoms in total. The number of halogens is 3. The normalized spacial score (nSPS) is 17.0. The minimum Gasteiger partial charge on any atom is -0.332 e. The zero-order chi connectivity index (χ0) is 16.6. The lowest BCUT2D eigenvalue weighted by atomic mass is 9.94. The number of aromatic nitrogens is 1. The van der Waals surface area contributed by atoms with Gasteiger partial charge in [0, 0.05) is 12.4 Å². The molecule has 0 radical (unpaired) electrons. The topological polar surface area (TPSA) is 33.2 Å². The Kier molecular flexibility index (Phi) is 3.67. The number of alkyl halides is 3. The Bertz CT molecular complexity index is 784. The Morgan fingerprint density at radius 1 is 1.26 bits per heavy atom. The van der Waals surface area contributed by atoms with Crippen molar-refractivity contribution < 1.29 is 18.0 Å². The molecule has 1 aliphatic heterocycles. The van der Waals surface area contributed by atoms with Crippen molar-refractivity contribution in [3.05, 3.63) is 65.1 Å². The van der Waals surface area contributed by atoms with Crippen LogP contribution in [-0.2, 0) is 11.0 Å². The fraction of sp³-hybridized carbons (Fsp3) is 0.176. The second kappa shape index (κ2) is 5.53. The Hall–Kier alpha value is -2.63. The monoisotopic (exact) mass is 318 g/mol. The molecule has 0 amide bonds. The van der Waals surface area contributed by atoms with Gasteiger partial charge in [0.05, 0.1) is 17.4 Å². The third-order valence-corrected chi connectivity index (χ3v) is 3.87. The van der Waals surface area contributed by atoms with Crippen molar-refractivity contribution in [2.24, 2.45) is 0 Å². The second-order valence-electron chi connectivity index (χ2n) is 5.31. The van der Waals surface area contributed by atoms with E-state index in [4.69, 9.17) is 0 Å². The summed E-state index contributed by atoms with van der Waals surface area (Å²) in [6.07, 6.45) is 2.81. The highest BCUT2D eigenvalue weighted by molar-refractivity contribution is 5.78. The van der Waals surface area contributed by atoms with Gasteiger partial charge in [-0.25, -0.2) is 0 Å². The number of hydrogen-bond acceptors (Lipinski definition) is 3. The largest absolute Gasteiger partial charge is 0.416 e. The summed E-state index contributed by atoms with van der Waals surface area (Å²) < 4.78 is 38.8. The number of pyridine rings is 1. The van der Waals surface area contributed by atoms with Crippen molar-refractivity contribution in [3.63, 3.8) is 0 Å². The van der Waals surface area contributed by atoms with Crippen LogP contribution in [0.3, 0.4) is 0 Å². The van der Waals surface area contributed by atoms with Crippen molar-refractivity contribution in [2.45, 2.75) is 19.1 Å². The maximum Gasteiger partial charge on any atom is 0.416 e. The molecule has 23 heavy (non-hydrogen) atoms. The lowest BCUT2D eigenvalue weighted by molar-refractivity contribution is -0.137. The fourth-order valence-electron chi connectivity index (χ4n) is 2.66. The van der Waals surface area contributed by atoms with Crippen LogP contribution in [0.2, 0.25) is 0 Å². The zero-order valence-corrected chi connectivity index (χ0v) is 12.2. The van der Waals surface area contributed by atoms with Crippen LogP contribution in [0.5, 0.6) is 0 Å². The summed E-state index contributed by atoms with van der Waals surface area (Å²) in [6, 6.07) is 4.41.